The van der Waals surface area contributed by atoms with Crippen molar-refractivity contribution < 1.29 is 0 Å². The van der Waals surface area contributed by atoms with Crippen molar-refractivity contribution in [1.29, 1.82) is 0 Å². The van der Waals surface area contributed by atoms with E-state index in [2.05, 4.69) is 140 Å². The van der Waals surface area contributed by atoms with Crippen LogP contribution in [0.1, 0.15) is 25.0 Å². The summed E-state index contributed by atoms with van der Waals surface area (Å²) in [7, 11) is 0. The van der Waals surface area contributed by atoms with Crippen molar-refractivity contribution in [2.75, 3.05) is 0 Å². The molecule has 7 aromatic carbocycles. The lowest BCUT2D eigenvalue weighted by Gasteiger charge is -2.24. The van der Waals surface area contributed by atoms with E-state index < -0.39 is 0 Å². The van der Waals surface area contributed by atoms with Crippen molar-refractivity contribution in [1.82, 2.24) is 19.5 Å². The summed E-state index contributed by atoms with van der Waals surface area (Å²) in [6, 6.07) is 55.9. The molecular weight excluding hydrogens is 665 g/mol. The van der Waals surface area contributed by atoms with Crippen LogP contribution < -0.4 is 0 Å². The lowest BCUT2D eigenvalue weighted by atomic mass is 9.81. The first-order valence-electron chi connectivity index (χ1n) is 18.0. The van der Waals surface area contributed by atoms with E-state index in [1.54, 1.807) is 0 Å². The fourth-order valence-electron chi connectivity index (χ4n) is 8.67. The number of hydrogen-bond acceptors (Lipinski definition) is 4. The molecule has 0 spiro atoms. The third kappa shape index (κ3) is 4.38. The zero-order valence-electron chi connectivity index (χ0n) is 29.2. The van der Waals surface area contributed by atoms with Gasteiger partial charge in [0, 0.05) is 58.7 Å². The molecule has 250 valence electrons. The summed E-state index contributed by atoms with van der Waals surface area (Å²) >= 11 is 1.91. The Balaban J connectivity index is 1.23. The fourth-order valence-corrected chi connectivity index (χ4v) is 9.94. The molecule has 11 rings (SSSR count). The number of nitrogens with zero attached hydrogens (tertiary/aromatic N) is 4. The summed E-state index contributed by atoms with van der Waals surface area (Å²) in [5, 5.41) is 5.28. The monoisotopic (exact) mass is 696 g/mol. The number of fused-ring (bicyclic) bond motifs is 12. The Morgan fingerprint density at radius 1 is 0.528 bits per heavy atom. The van der Waals surface area contributed by atoms with Crippen molar-refractivity contribution in [3.05, 3.63) is 169 Å². The van der Waals surface area contributed by atoms with Crippen LogP contribution in [0, 0.1) is 0 Å². The van der Waals surface area contributed by atoms with Crippen molar-refractivity contribution in [2.24, 2.45) is 0 Å². The predicted molar refractivity (Wildman–Crippen MR) is 221 cm³/mol. The highest BCUT2D eigenvalue weighted by molar-refractivity contribution is 7.27. The highest BCUT2D eigenvalue weighted by atomic mass is 32.1. The molecule has 0 amide bonds. The molecule has 0 saturated carbocycles. The largest absolute Gasteiger partial charge is 0.309 e. The van der Waals surface area contributed by atoms with E-state index in [0.29, 0.717) is 17.5 Å². The maximum absolute atomic E-state index is 5.09. The molecule has 3 heterocycles. The van der Waals surface area contributed by atoms with Gasteiger partial charge < -0.3 is 4.57 Å². The van der Waals surface area contributed by atoms with Crippen molar-refractivity contribution in [2.45, 2.75) is 19.3 Å². The van der Waals surface area contributed by atoms with Crippen LogP contribution in [-0.2, 0) is 5.41 Å². The SMILES string of the molecule is CC1(C)c2ccccc2-c2c1c1c(c3ccccc3n1-c1cccc(-c3nc(-c4ccccc4)nc(-c4ccccc4)n3)c1)c1sc3ccccc3c21. The lowest BCUT2D eigenvalue weighted by Crippen LogP contribution is -2.16. The van der Waals surface area contributed by atoms with Gasteiger partial charge in [0.1, 0.15) is 0 Å². The number of para-hydroxylation sites is 1. The minimum Gasteiger partial charge on any atom is -0.309 e. The van der Waals surface area contributed by atoms with Crippen LogP contribution in [-0.4, -0.2) is 19.5 Å². The summed E-state index contributed by atoms with van der Waals surface area (Å²) < 4.78 is 5.16. The van der Waals surface area contributed by atoms with Crippen LogP contribution >= 0.6 is 11.3 Å². The molecular formula is C48H32N4S. The maximum Gasteiger partial charge on any atom is 0.164 e. The average Bonchev–Trinajstić information content (AvgIpc) is 3.84. The summed E-state index contributed by atoms with van der Waals surface area (Å²) in [5.41, 5.74) is 11.6. The van der Waals surface area contributed by atoms with Gasteiger partial charge in [-0.15, -0.1) is 11.3 Å². The number of benzene rings is 7. The van der Waals surface area contributed by atoms with Crippen LogP contribution in [0.5, 0.6) is 0 Å². The van der Waals surface area contributed by atoms with Gasteiger partial charge in [-0.25, -0.2) is 15.0 Å². The van der Waals surface area contributed by atoms with Crippen LogP contribution in [0.3, 0.4) is 0 Å². The van der Waals surface area contributed by atoms with Crippen LogP contribution in [0.4, 0.5) is 0 Å². The smallest absolute Gasteiger partial charge is 0.164 e. The molecule has 10 aromatic rings. The van der Waals surface area contributed by atoms with Gasteiger partial charge in [0.15, 0.2) is 17.5 Å². The highest BCUT2D eigenvalue weighted by Gasteiger charge is 2.41. The fraction of sp³-hybridized carbons (Fsp3) is 0.0625. The topological polar surface area (TPSA) is 43.6 Å². The Morgan fingerprint density at radius 2 is 1.11 bits per heavy atom. The lowest BCUT2D eigenvalue weighted by molar-refractivity contribution is 0.664. The third-order valence-corrected chi connectivity index (χ3v) is 12.2. The van der Waals surface area contributed by atoms with Gasteiger partial charge in [-0.1, -0.05) is 147 Å². The summed E-state index contributed by atoms with van der Waals surface area (Å²) in [6.07, 6.45) is 0. The first kappa shape index (κ1) is 30.2. The van der Waals surface area contributed by atoms with Crippen LogP contribution in [0.2, 0.25) is 0 Å². The number of aromatic nitrogens is 4. The van der Waals surface area contributed by atoms with Gasteiger partial charge in [0.2, 0.25) is 0 Å². The quantitative estimate of drug-likeness (QED) is 0.184. The number of thiophene rings is 1. The Bertz CT molecular complexity index is 3020. The summed E-state index contributed by atoms with van der Waals surface area (Å²) in [4.78, 5) is 15.1. The van der Waals surface area contributed by atoms with Gasteiger partial charge in [0.05, 0.1) is 11.0 Å². The standard InChI is InChI=1S/C48H32N4S/c1-48(2)36-25-12-9-22-33(36)39-40-35-24-11-14-27-38(35)53-44(40)41-34-23-10-13-26-37(34)52(43(41)42(39)48)32-21-15-20-31(28-32)47-50-45(29-16-5-3-6-17-29)49-46(51-47)30-18-7-4-8-19-30/h3-28H,1-2H3. The van der Waals surface area contributed by atoms with Crippen LogP contribution in [0.15, 0.2) is 158 Å². The van der Waals surface area contributed by atoms with E-state index in [1.807, 2.05) is 47.7 Å². The van der Waals surface area contributed by atoms with Crippen molar-refractivity contribution in [3.63, 3.8) is 0 Å². The molecule has 0 radical (unpaired) electrons. The Hall–Kier alpha value is -6.43. The second-order valence-electron chi connectivity index (χ2n) is 14.4. The van der Waals surface area contributed by atoms with Gasteiger partial charge in [-0.05, 0) is 46.5 Å². The molecule has 0 atom stereocenters. The molecule has 0 bridgehead atoms. The second kappa shape index (κ2) is 11.3. The molecule has 1 aliphatic carbocycles. The highest BCUT2D eigenvalue weighted by Crippen LogP contribution is 2.58. The zero-order valence-corrected chi connectivity index (χ0v) is 30.0. The average molecular weight is 697 g/mol. The first-order valence-corrected chi connectivity index (χ1v) is 18.9. The number of rotatable bonds is 4. The summed E-state index contributed by atoms with van der Waals surface area (Å²) in [6.45, 7) is 4.80. The Labute approximate surface area is 310 Å². The van der Waals surface area contributed by atoms with Gasteiger partial charge in [-0.2, -0.15) is 0 Å². The normalized spacial score (nSPS) is 13.2. The molecule has 0 N–H and O–H groups in total. The summed E-state index contributed by atoms with van der Waals surface area (Å²) in [5.74, 6) is 1.95. The molecule has 53 heavy (non-hydrogen) atoms. The van der Waals surface area contributed by atoms with E-state index in [1.165, 1.54) is 64.2 Å². The van der Waals surface area contributed by atoms with Crippen molar-refractivity contribution >= 4 is 53.3 Å². The first-order chi connectivity index (χ1) is 26.1. The Kier molecular flexibility index (Phi) is 6.43. The molecule has 3 aromatic heterocycles. The predicted octanol–water partition coefficient (Wildman–Crippen LogP) is 12.6. The van der Waals surface area contributed by atoms with E-state index in [0.717, 1.165) is 22.4 Å². The van der Waals surface area contributed by atoms with Gasteiger partial charge in [-0.3, -0.25) is 0 Å². The molecule has 0 aliphatic heterocycles. The van der Waals surface area contributed by atoms with Gasteiger partial charge in [0.25, 0.3) is 0 Å². The zero-order chi connectivity index (χ0) is 35.3. The minimum atomic E-state index is -0.228. The van der Waals surface area contributed by atoms with E-state index in [-0.39, 0.29) is 5.41 Å². The third-order valence-electron chi connectivity index (χ3n) is 11.0. The minimum absolute atomic E-state index is 0.228. The Morgan fingerprint density at radius 3 is 1.85 bits per heavy atom. The molecule has 0 unspecified atom stereocenters. The molecule has 0 fully saturated rings. The molecule has 4 nitrogen and oxygen atoms in total. The van der Waals surface area contributed by atoms with Crippen molar-refractivity contribution in [3.8, 4) is 51.0 Å². The maximum atomic E-state index is 5.09. The van der Waals surface area contributed by atoms with Gasteiger partial charge >= 0.3 is 0 Å². The second-order valence-corrected chi connectivity index (χ2v) is 15.4. The molecule has 5 heteroatoms. The van der Waals surface area contributed by atoms with Crippen LogP contribution in [0.25, 0.3) is 93.0 Å². The molecule has 1 aliphatic rings. The van der Waals surface area contributed by atoms with E-state index in [4.69, 9.17) is 15.0 Å². The number of hydrogen-bond donors (Lipinski definition) is 0. The van der Waals surface area contributed by atoms with E-state index in [9.17, 15) is 0 Å². The van der Waals surface area contributed by atoms with E-state index >= 15 is 0 Å². The molecule has 0 saturated heterocycles.